The molecule has 1 saturated carbocycles. The highest BCUT2D eigenvalue weighted by Crippen LogP contribution is 2.53. The second-order valence-electron chi connectivity index (χ2n) is 4.91. The van der Waals surface area contributed by atoms with Gasteiger partial charge >= 0.3 is 5.97 Å². The van der Waals surface area contributed by atoms with Gasteiger partial charge in [-0.05, 0) is 18.9 Å². The molecule has 0 aromatic heterocycles. The van der Waals surface area contributed by atoms with Gasteiger partial charge in [-0.1, -0.05) is 28.8 Å². The summed E-state index contributed by atoms with van der Waals surface area (Å²) in [6.45, 7) is 0. The van der Waals surface area contributed by atoms with E-state index in [1.807, 2.05) is 0 Å². The molecule has 0 heterocycles. The summed E-state index contributed by atoms with van der Waals surface area (Å²) in [5, 5.41) is 20.1. The van der Waals surface area contributed by atoms with Crippen molar-refractivity contribution in [2.24, 2.45) is 0 Å². The highest BCUT2D eigenvalue weighted by Gasteiger charge is 2.47. The lowest BCUT2D eigenvalue weighted by atomic mass is 9.78. The fourth-order valence-corrected chi connectivity index (χ4v) is 3.72. The maximum atomic E-state index is 11.8. The average molecular weight is 345 g/mol. The van der Waals surface area contributed by atoms with Gasteiger partial charge in [0.15, 0.2) is 11.5 Å². The summed E-state index contributed by atoms with van der Waals surface area (Å²) in [5.74, 6) is -0.557. The summed E-state index contributed by atoms with van der Waals surface area (Å²) in [7, 11) is 2.88. The zero-order valence-electron chi connectivity index (χ0n) is 11.4. The topological polar surface area (TPSA) is 76.0 Å². The molecule has 0 radical (unpaired) electrons. The predicted octanol–water partition coefficient (Wildman–Crippen LogP) is 3.07. The minimum absolute atomic E-state index is 0.164. The molecule has 0 unspecified atom stereocenters. The Morgan fingerprint density at radius 2 is 1.90 bits per heavy atom. The van der Waals surface area contributed by atoms with E-state index < -0.39 is 11.4 Å². The number of ether oxygens (including phenoxy) is 2. The highest BCUT2D eigenvalue weighted by molar-refractivity contribution is 9.10. The maximum absolute atomic E-state index is 11.8. The number of hydrogen-bond donors (Lipinski definition) is 2. The third-order valence-corrected chi connectivity index (χ3v) is 4.57. The van der Waals surface area contributed by atoms with Crippen molar-refractivity contribution in [3.8, 4) is 17.2 Å². The number of phenolic OH excluding ortho intramolecular Hbond substituents is 1. The molecule has 1 aliphatic rings. The van der Waals surface area contributed by atoms with Crippen molar-refractivity contribution < 1.29 is 24.5 Å². The molecule has 1 fully saturated rings. The lowest BCUT2D eigenvalue weighted by Gasteiger charge is -2.27. The Hall–Kier alpha value is -1.43. The van der Waals surface area contributed by atoms with Gasteiger partial charge in [0.05, 0.1) is 19.6 Å². The SMILES string of the molecule is COc1cc(Br)c(C2(C(=O)O)CCCC2)c(O)c1OC. The Bertz CT molecular complexity index is 535. The molecule has 20 heavy (non-hydrogen) atoms. The van der Waals surface area contributed by atoms with E-state index in [4.69, 9.17) is 9.47 Å². The molecule has 6 heteroatoms. The third-order valence-electron chi connectivity index (χ3n) is 3.94. The number of phenols is 1. The standard InChI is InChI=1S/C14H17BrO5/c1-19-9-7-8(15)10(11(16)12(9)20-2)14(13(17)18)5-3-4-6-14/h7,16H,3-6H2,1-2H3,(H,17,18). The summed E-state index contributed by atoms with van der Waals surface area (Å²) in [6, 6.07) is 1.64. The molecular weight excluding hydrogens is 328 g/mol. The Labute approximate surface area is 125 Å². The number of aliphatic carboxylic acids is 1. The van der Waals surface area contributed by atoms with Crippen LogP contribution in [0.1, 0.15) is 31.2 Å². The van der Waals surface area contributed by atoms with Gasteiger partial charge in [-0.3, -0.25) is 4.79 Å². The number of rotatable bonds is 4. The van der Waals surface area contributed by atoms with Gasteiger partial charge in [-0.25, -0.2) is 0 Å². The van der Waals surface area contributed by atoms with E-state index in [0.29, 0.717) is 28.6 Å². The van der Waals surface area contributed by atoms with Crippen molar-refractivity contribution >= 4 is 21.9 Å². The zero-order chi connectivity index (χ0) is 14.9. The molecule has 2 N–H and O–H groups in total. The first-order valence-corrected chi connectivity index (χ1v) is 7.14. The quantitative estimate of drug-likeness (QED) is 0.877. The Morgan fingerprint density at radius 3 is 2.35 bits per heavy atom. The van der Waals surface area contributed by atoms with E-state index >= 15 is 0 Å². The second-order valence-corrected chi connectivity index (χ2v) is 5.77. The van der Waals surface area contributed by atoms with E-state index in [-0.39, 0.29) is 11.5 Å². The molecule has 0 bridgehead atoms. The first-order chi connectivity index (χ1) is 9.47. The third kappa shape index (κ3) is 2.12. The Kier molecular flexibility index (Phi) is 4.13. The molecule has 0 saturated heterocycles. The van der Waals surface area contributed by atoms with E-state index in [1.165, 1.54) is 14.2 Å². The van der Waals surface area contributed by atoms with E-state index in [1.54, 1.807) is 6.07 Å². The second kappa shape index (κ2) is 5.52. The predicted molar refractivity (Wildman–Crippen MR) is 76.7 cm³/mol. The van der Waals surface area contributed by atoms with Gasteiger partial charge < -0.3 is 19.7 Å². The van der Waals surface area contributed by atoms with Crippen LogP contribution in [0.2, 0.25) is 0 Å². The largest absolute Gasteiger partial charge is 0.504 e. The van der Waals surface area contributed by atoms with Crippen molar-refractivity contribution in [3.05, 3.63) is 16.1 Å². The van der Waals surface area contributed by atoms with Gasteiger partial charge in [0.1, 0.15) is 0 Å². The summed E-state index contributed by atoms with van der Waals surface area (Å²) >= 11 is 3.36. The minimum Gasteiger partial charge on any atom is -0.504 e. The lowest BCUT2D eigenvalue weighted by Crippen LogP contribution is -2.33. The number of methoxy groups -OCH3 is 2. The molecule has 0 aliphatic heterocycles. The van der Waals surface area contributed by atoms with Crippen LogP contribution in [0.15, 0.2) is 10.5 Å². The van der Waals surface area contributed by atoms with Crippen molar-refractivity contribution in [2.45, 2.75) is 31.1 Å². The summed E-state index contributed by atoms with van der Waals surface area (Å²) in [4.78, 5) is 11.8. The minimum atomic E-state index is -1.07. The van der Waals surface area contributed by atoms with Crippen molar-refractivity contribution in [2.75, 3.05) is 14.2 Å². The molecule has 1 aromatic carbocycles. The normalized spacial score (nSPS) is 16.9. The fraction of sp³-hybridized carbons (Fsp3) is 0.500. The van der Waals surface area contributed by atoms with Gasteiger partial charge in [-0.2, -0.15) is 0 Å². The molecule has 0 amide bonds. The lowest BCUT2D eigenvalue weighted by molar-refractivity contribution is -0.143. The smallest absolute Gasteiger partial charge is 0.314 e. The highest BCUT2D eigenvalue weighted by atomic mass is 79.9. The van der Waals surface area contributed by atoms with Crippen LogP contribution >= 0.6 is 15.9 Å². The molecular formula is C14H17BrO5. The van der Waals surface area contributed by atoms with Gasteiger partial charge in [0.2, 0.25) is 5.75 Å². The molecule has 1 aliphatic carbocycles. The van der Waals surface area contributed by atoms with E-state index in [0.717, 1.165) is 12.8 Å². The number of aromatic hydroxyl groups is 1. The number of carboxylic acids is 1. The number of benzene rings is 1. The molecule has 0 spiro atoms. The maximum Gasteiger partial charge on any atom is 0.314 e. The van der Waals surface area contributed by atoms with Crippen LogP contribution in [-0.2, 0) is 10.2 Å². The number of carbonyl (C=O) groups is 1. The van der Waals surface area contributed by atoms with Crippen molar-refractivity contribution in [3.63, 3.8) is 0 Å². The Morgan fingerprint density at radius 1 is 1.30 bits per heavy atom. The van der Waals surface area contributed by atoms with Crippen LogP contribution < -0.4 is 9.47 Å². The first-order valence-electron chi connectivity index (χ1n) is 6.35. The number of hydrogen-bond acceptors (Lipinski definition) is 4. The van der Waals surface area contributed by atoms with Gasteiger partial charge in [0.25, 0.3) is 0 Å². The van der Waals surface area contributed by atoms with Crippen LogP contribution in [0.25, 0.3) is 0 Å². The number of halogens is 1. The average Bonchev–Trinajstić information content (AvgIpc) is 2.88. The van der Waals surface area contributed by atoms with E-state index in [2.05, 4.69) is 15.9 Å². The molecule has 1 aromatic rings. The molecule has 5 nitrogen and oxygen atoms in total. The number of carboxylic acid groups (broad SMARTS) is 1. The fourth-order valence-electron chi connectivity index (χ4n) is 2.95. The van der Waals surface area contributed by atoms with Crippen molar-refractivity contribution in [1.29, 1.82) is 0 Å². The molecule has 2 rings (SSSR count). The summed E-state index contributed by atoms with van der Waals surface area (Å²) in [5.41, 5.74) is -0.692. The van der Waals surface area contributed by atoms with Crippen molar-refractivity contribution in [1.82, 2.24) is 0 Å². The summed E-state index contributed by atoms with van der Waals surface area (Å²) in [6.07, 6.45) is 2.66. The first kappa shape index (κ1) is 15.0. The van der Waals surface area contributed by atoms with Gasteiger partial charge in [-0.15, -0.1) is 0 Å². The van der Waals surface area contributed by atoms with Crippen LogP contribution in [0.3, 0.4) is 0 Å². The Balaban J connectivity index is 2.70. The van der Waals surface area contributed by atoms with E-state index in [9.17, 15) is 15.0 Å². The van der Waals surface area contributed by atoms with Crippen LogP contribution in [0.4, 0.5) is 0 Å². The van der Waals surface area contributed by atoms with Crippen LogP contribution in [0, 0.1) is 0 Å². The molecule has 0 atom stereocenters. The monoisotopic (exact) mass is 344 g/mol. The zero-order valence-corrected chi connectivity index (χ0v) is 13.0. The van der Waals surface area contributed by atoms with Crippen LogP contribution in [0.5, 0.6) is 17.2 Å². The molecule has 110 valence electrons. The van der Waals surface area contributed by atoms with Crippen LogP contribution in [-0.4, -0.2) is 30.4 Å². The summed E-state index contributed by atoms with van der Waals surface area (Å²) < 4.78 is 10.8. The van der Waals surface area contributed by atoms with Gasteiger partial charge in [0, 0.05) is 10.0 Å².